The van der Waals surface area contributed by atoms with Crippen LogP contribution in [0.5, 0.6) is 0 Å². The number of hydrogen-bond acceptors (Lipinski definition) is 5. The van der Waals surface area contributed by atoms with E-state index in [9.17, 15) is 14.9 Å². The summed E-state index contributed by atoms with van der Waals surface area (Å²) in [5.41, 5.74) is 0.404. The van der Waals surface area contributed by atoms with Crippen LogP contribution in [-0.2, 0) is 4.79 Å². The zero-order chi connectivity index (χ0) is 16.9. The van der Waals surface area contributed by atoms with Gasteiger partial charge in [-0.25, -0.2) is 9.67 Å². The number of nitro groups is 1. The molecule has 3 rings (SSSR count). The first-order valence-electron chi connectivity index (χ1n) is 7.69. The first-order valence-corrected chi connectivity index (χ1v) is 7.69. The molecule has 1 aliphatic heterocycles. The molecule has 0 spiro atoms. The van der Waals surface area contributed by atoms with Crippen LogP contribution in [-0.4, -0.2) is 43.6 Å². The van der Waals surface area contributed by atoms with Crippen LogP contribution < -0.4 is 0 Å². The van der Waals surface area contributed by atoms with Crippen LogP contribution >= 0.6 is 0 Å². The summed E-state index contributed by atoms with van der Waals surface area (Å²) in [6.07, 6.45) is 7.86. The minimum absolute atomic E-state index is 0.0133. The molecule has 0 aliphatic carbocycles. The van der Waals surface area contributed by atoms with Gasteiger partial charge in [-0.15, -0.1) is 0 Å². The lowest BCUT2D eigenvalue weighted by molar-refractivity contribution is -0.385. The fourth-order valence-corrected chi connectivity index (χ4v) is 2.84. The Balaban J connectivity index is 1.69. The molecule has 0 bridgehead atoms. The lowest BCUT2D eigenvalue weighted by atomic mass is 10.1. The van der Waals surface area contributed by atoms with Gasteiger partial charge < -0.3 is 4.90 Å². The van der Waals surface area contributed by atoms with E-state index in [2.05, 4.69) is 10.1 Å². The molecule has 0 saturated carbocycles. The number of hydrogen-bond donors (Lipinski definition) is 0. The van der Waals surface area contributed by atoms with E-state index in [-0.39, 0.29) is 17.6 Å². The van der Waals surface area contributed by atoms with Crippen molar-refractivity contribution in [3.63, 3.8) is 0 Å². The van der Waals surface area contributed by atoms with E-state index in [1.54, 1.807) is 34.1 Å². The highest BCUT2D eigenvalue weighted by molar-refractivity contribution is 5.92. The molecule has 1 aliphatic rings. The molecule has 24 heavy (non-hydrogen) atoms. The van der Waals surface area contributed by atoms with Gasteiger partial charge in [0.15, 0.2) is 0 Å². The topological polar surface area (TPSA) is 94.2 Å². The van der Waals surface area contributed by atoms with Crippen molar-refractivity contribution in [3.05, 3.63) is 58.7 Å². The van der Waals surface area contributed by atoms with Crippen molar-refractivity contribution in [1.29, 1.82) is 0 Å². The second-order valence-corrected chi connectivity index (χ2v) is 5.61. The highest BCUT2D eigenvalue weighted by atomic mass is 16.6. The standard InChI is InChI=1S/C16H17N5O3/c22-16(8-7-13-4-1-2-6-15(13)21(23)24)19-9-3-5-14(10-19)20-12-17-11-18-20/h1-2,4,6-8,11-12,14H,3,5,9-10H2/b8-7+/t14-/m1/s1. The molecule has 0 unspecified atom stereocenters. The SMILES string of the molecule is O=C(/C=C/c1ccccc1[N+](=O)[O-])N1CCC[C@@H](n2cncn2)C1. The van der Waals surface area contributed by atoms with Crippen molar-refractivity contribution < 1.29 is 9.72 Å². The molecule has 2 heterocycles. The zero-order valence-corrected chi connectivity index (χ0v) is 13.0. The maximum Gasteiger partial charge on any atom is 0.276 e. The third-order valence-electron chi connectivity index (χ3n) is 4.06. The van der Waals surface area contributed by atoms with Crippen LogP contribution in [0, 0.1) is 10.1 Å². The summed E-state index contributed by atoms with van der Waals surface area (Å²) in [5, 5.41) is 15.1. The lowest BCUT2D eigenvalue weighted by Gasteiger charge is -2.31. The van der Waals surface area contributed by atoms with Crippen LogP contribution in [0.3, 0.4) is 0 Å². The fourth-order valence-electron chi connectivity index (χ4n) is 2.84. The van der Waals surface area contributed by atoms with Gasteiger partial charge in [-0.1, -0.05) is 12.1 Å². The lowest BCUT2D eigenvalue weighted by Crippen LogP contribution is -2.40. The van der Waals surface area contributed by atoms with Gasteiger partial charge in [-0.2, -0.15) is 5.10 Å². The minimum Gasteiger partial charge on any atom is -0.337 e. The first kappa shape index (κ1) is 15.9. The van der Waals surface area contributed by atoms with E-state index in [4.69, 9.17) is 0 Å². The Hall–Kier alpha value is -3.03. The molecule has 1 aromatic heterocycles. The Morgan fingerprint density at radius 3 is 2.96 bits per heavy atom. The molecule has 1 aromatic carbocycles. The normalized spacial score (nSPS) is 18.0. The monoisotopic (exact) mass is 327 g/mol. The van der Waals surface area contributed by atoms with Gasteiger partial charge in [-0.3, -0.25) is 14.9 Å². The van der Waals surface area contributed by atoms with Gasteiger partial charge in [0.2, 0.25) is 5.91 Å². The molecule has 1 amide bonds. The molecular weight excluding hydrogens is 310 g/mol. The number of likely N-dealkylation sites (tertiary alicyclic amines) is 1. The van der Waals surface area contributed by atoms with Crippen molar-refractivity contribution in [2.75, 3.05) is 13.1 Å². The third-order valence-corrected chi connectivity index (χ3v) is 4.06. The van der Waals surface area contributed by atoms with Crippen LogP contribution in [0.25, 0.3) is 6.08 Å². The predicted octanol–water partition coefficient (Wildman–Crippen LogP) is 2.06. The number of benzene rings is 1. The number of carbonyl (C=O) groups is 1. The number of piperidine rings is 1. The van der Waals surface area contributed by atoms with Gasteiger partial charge in [0.25, 0.3) is 5.69 Å². The Labute approximate surface area is 138 Å². The molecule has 0 N–H and O–H groups in total. The molecule has 1 atom stereocenters. The van der Waals surface area contributed by atoms with Crippen LogP contribution in [0.4, 0.5) is 5.69 Å². The number of aromatic nitrogens is 3. The van der Waals surface area contributed by atoms with E-state index in [1.165, 1.54) is 24.5 Å². The molecule has 8 heteroatoms. The molecule has 1 saturated heterocycles. The molecule has 124 valence electrons. The summed E-state index contributed by atoms with van der Waals surface area (Å²) in [7, 11) is 0. The maximum absolute atomic E-state index is 12.4. The van der Waals surface area contributed by atoms with E-state index in [0.29, 0.717) is 18.7 Å². The van der Waals surface area contributed by atoms with Gasteiger partial charge in [0.05, 0.1) is 16.5 Å². The summed E-state index contributed by atoms with van der Waals surface area (Å²) in [4.78, 5) is 28.6. The largest absolute Gasteiger partial charge is 0.337 e. The summed E-state index contributed by atoms with van der Waals surface area (Å²) >= 11 is 0. The Bertz CT molecular complexity index is 757. The summed E-state index contributed by atoms with van der Waals surface area (Å²) < 4.78 is 1.77. The summed E-state index contributed by atoms with van der Waals surface area (Å²) in [6, 6.07) is 6.47. The zero-order valence-electron chi connectivity index (χ0n) is 13.0. The Morgan fingerprint density at radius 1 is 1.38 bits per heavy atom. The number of rotatable bonds is 4. The summed E-state index contributed by atoms with van der Waals surface area (Å²) in [5.74, 6) is -0.155. The second kappa shape index (κ2) is 7.03. The van der Waals surface area contributed by atoms with Crippen molar-refractivity contribution in [3.8, 4) is 0 Å². The minimum atomic E-state index is -0.453. The van der Waals surface area contributed by atoms with Crippen molar-refractivity contribution in [2.45, 2.75) is 18.9 Å². The van der Waals surface area contributed by atoms with Crippen molar-refractivity contribution in [1.82, 2.24) is 19.7 Å². The average molecular weight is 327 g/mol. The second-order valence-electron chi connectivity index (χ2n) is 5.61. The maximum atomic E-state index is 12.4. The number of amides is 1. The van der Waals surface area contributed by atoms with E-state index >= 15 is 0 Å². The predicted molar refractivity (Wildman–Crippen MR) is 87.0 cm³/mol. The van der Waals surface area contributed by atoms with Gasteiger partial charge >= 0.3 is 0 Å². The van der Waals surface area contributed by atoms with Gasteiger partial charge in [0, 0.05) is 25.2 Å². The van der Waals surface area contributed by atoms with Gasteiger partial charge in [-0.05, 0) is 25.0 Å². The average Bonchev–Trinajstić information content (AvgIpc) is 3.14. The fraction of sp³-hybridized carbons (Fsp3) is 0.312. The van der Waals surface area contributed by atoms with E-state index in [0.717, 1.165) is 12.8 Å². The smallest absolute Gasteiger partial charge is 0.276 e. The molecule has 8 nitrogen and oxygen atoms in total. The molecule has 2 aromatic rings. The van der Waals surface area contributed by atoms with E-state index in [1.807, 2.05) is 0 Å². The number of para-hydroxylation sites is 1. The first-order chi connectivity index (χ1) is 11.6. The highest BCUT2D eigenvalue weighted by Gasteiger charge is 2.24. The Morgan fingerprint density at radius 2 is 2.21 bits per heavy atom. The van der Waals surface area contributed by atoms with Gasteiger partial charge in [0.1, 0.15) is 12.7 Å². The van der Waals surface area contributed by atoms with Crippen molar-refractivity contribution >= 4 is 17.7 Å². The van der Waals surface area contributed by atoms with E-state index < -0.39 is 4.92 Å². The molecule has 1 fully saturated rings. The summed E-state index contributed by atoms with van der Waals surface area (Å²) in [6.45, 7) is 1.23. The van der Waals surface area contributed by atoms with Crippen LogP contribution in [0.1, 0.15) is 24.4 Å². The molecular formula is C16H17N5O3. The quantitative estimate of drug-likeness (QED) is 0.487. The highest BCUT2D eigenvalue weighted by Crippen LogP contribution is 2.22. The van der Waals surface area contributed by atoms with Crippen LogP contribution in [0.2, 0.25) is 0 Å². The third kappa shape index (κ3) is 3.48. The number of nitrogens with zero attached hydrogens (tertiary/aromatic N) is 5. The molecule has 0 radical (unpaired) electrons. The number of carbonyl (C=O) groups excluding carboxylic acids is 1. The Kier molecular flexibility index (Phi) is 4.64. The van der Waals surface area contributed by atoms with Crippen LogP contribution in [0.15, 0.2) is 43.0 Å². The van der Waals surface area contributed by atoms with Crippen molar-refractivity contribution in [2.24, 2.45) is 0 Å². The number of nitro benzene ring substituents is 1.